The van der Waals surface area contributed by atoms with Gasteiger partial charge in [0.1, 0.15) is 0 Å². The number of nitrogens with zero attached hydrogens (tertiary/aromatic N) is 3. The van der Waals surface area contributed by atoms with Crippen molar-refractivity contribution in [3.05, 3.63) is 29.3 Å². The molecule has 23 heavy (non-hydrogen) atoms. The fourth-order valence-corrected chi connectivity index (χ4v) is 2.73. The van der Waals surface area contributed by atoms with Crippen molar-refractivity contribution in [2.24, 2.45) is 7.05 Å². The zero-order valence-corrected chi connectivity index (χ0v) is 14.2. The lowest BCUT2D eigenvalue weighted by atomic mass is 10.2. The normalized spacial score (nSPS) is 10.4. The van der Waals surface area contributed by atoms with Crippen LogP contribution in [0, 0.1) is 0 Å². The number of benzene rings is 1. The average molecular weight is 354 g/mol. The first kappa shape index (κ1) is 17.3. The highest BCUT2D eigenvalue weighted by Gasteiger charge is 2.14. The number of thioether (sulfide) groups is 1. The van der Waals surface area contributed by atoms with E-state index in [1.54, 1.807) is 10.6 Å². The van der Waals surface area contributed by atoms with Crippen molar-refractivity contribution in [3.63, 3.8) is 0 Å². The van der Waals surface area contributed by atoms with Crippen LogP contribution in [-0.2, 0) is 16.6 Å². The molecule has 1 aromatic carbocycles. The molecule has 122 valence electrons. The maximum Gasteiger partial charge on any atom is 0.239 e. The van der Waals surface area contributed by atoms with Crippen LogP contribution in [0.15, 0.2) is 29.4 Å². The van der Waals surface area contributed by atoms with E-state index in [0.717, 1.165) is 5.56 Å². The number of amides is 2. The first-order valence-corrected chi connectivity index (χ1v) is 8.13. The van der Waals surface area contributed by atoms with Gasteiger partial charge in [0.2, 0.25) is 11.8 Å². The van der Waals surface area contributed by atoms with Crippen LogP contribution in [0.4, 0.5) is 0 Å². The van der Waals surface area contributed by atoms with Crippen LogP contribution < -0.4 is 10.6 Å². The van der Waals surface area contributed by atoms with Crippen LogP contribution >= 0.6 is 23.4 Å². The number of halogens is 1. The number of aromatic nitrogens is 3. The predicted octanol–water partition coefficient (Wildman–Crippen LogP) is 1.09. The number of hydrogen-bond acceptors (Lipinski definition) is 5. The maximum absolute atomic E-state index is 11.7. The Morgan fingerprint density at radius 3 is 2.70 bits per heavy atom. The van der Waals surface area contributed by atoms with Gasteiger partial charge in [-0.05, 0) is 12.1 Å². The van der Waals surface area contributed by atoms with Crippen LogP contribution in [0.2, 0.25) is 5.02 Å². The van der Waals surface area contributed by atoms with E-state index in [1.165, 1.54) is 18.8 Å². The van der Waals surface area contributed by atoms with Gasteiger partial charge in [0, 0.05) is 19.7 Å². The van der Waals surface area contributed by atoms with Crippen LogP contribution in [-0.4, -0.2) is 45.9 Å². The Labute approximate surface area is 142 Å². The molecule has 2 rings (SSSR count). The molecule has 0 bridgehead atoms. The molecular weight excluding hydrogens is 338 g/mol. The van der Waals surface area contributed by atoms with Crippen molar-refractivity contribution in [1.82, 2.24) is 25.4 Å². The second-order valence-electron chi connectivity index (χ2n) is 4.58. The van der Waals surface area contributed by atoms with Crippen molar-refractivity contribution in [3.8, 4) is 11.4 Å². The molecule has 7 nitrogen and oxygen atoms in total. The highest BCUT2D eigenvalue weighted by molar-refractivity contribution is 7.99. The minimum absolute atomic E-state index is 0.0421. The van der Waals surface area contributed by atoms with Crippen molar-refractivity contribution >= 4 is 35.2 Å². The summed E-state index contributed by atoms with van der Waals surface area (Å²) >= 11 is 7.40. The Morgan fingerprint density at radius 2 is 2.00 bits per heavy atom. The largest absolute Gasteiger partial charge is 0.358 e. The summed E-state index contributed by atoms with van der Waals surface area (Å²) in [6, 6.07) is 7.35. The molecule has 0 unspecified atom stereocenters. The molecule has 0 aliphatic heterocycles. The van der Waals surface area contributed by atoms with Gasteiger partial charge < -0.3 is 15.2 Å². The standard InChI is InChI=1S/C14H16ClN5O2S/c1-16-11(21)7-17-12(22)8-23-14-19-18-13(20(14)2)9-5-3-4-6-10(9)15/h3-6H,7-8H2,1-2H3,(H,16,21)(H,17,22). The van der Waals surface area contributed by atoms with Crippen LogP contribution in [0.5, 0.6) is 0 Å². The van der Waals surface area contributed by atoms with Crippen LogP contribution in [0.1, 0.15) is 0 Å². The summed E-state index contributed by atoms with van der Waals surface area (Å²) in [4.78, 5) is 22.8. The van der Waals surface area contributed by atoms with E-state index >= 15 is 0 Å². The van der Waals surface area contributed by atoms with Gasteiger partial charge in [0.25, 0.3) is 0 Å². The fraction of sp³-hybridized carbons (Fsp3) is 0.286. The topological polar surface area (TPSA) is 88.9 Å². The highest BCUT2D eigenvalue weighted by atomic mass is 35.5. The molecule has 0 aliphatic rings. The minimum Gasteiger partial charge on any atom is -0.358 e. The van der Waals surface area contributed by atoms with E-state index in [1.807, 2.05) is 25.2 Å². The summed E-state index contributed by atoms with van der Waals surface area (Å²) in [6.07, 6.45) is 0. The Kier molecular flexibility index (Phi) is 6.00. The van der Waals surface area contributed by atoms with Gasteiger partial charge in [-0.2, -0.15) is 0 Å². The number of hydrogen-bond donors (Lipinski definition) is 2. The van der Waals surface area contributed by atoms with E-state index in [-0.39, 0.29) is 24.1 Å². The quantitative estimate of drug-likeness (QED) is 0.759. The molecule has 0 saturated carbocycles. The summed E-state index contributed by atoms with van der Waals surface area (Å²) in [5.74, 6) is 0.277. The van der Waals surface area contributed by atoms with Crippen LogP contribution in [0.3, 0.4) is 0 Å². The van der Waals surface area contributed by atoms with Gasteiger partial charge in [-0.3, -0.25) is 9.59 Å². The molecule has 0 aliphatic carbocycles. The second kappa shape index (κ2) is 7.98. The molecule has 2 N–H and O–H groups in total. The molecule has 9 heteroatoms. The maximum atomic E-state index is 11.7. The summed E-state index contributed by atoms with van der Waals surface area (Å²) < 4.78 is 1.78. The Hall–Kier alpha value is -2.06. The van der Waals surface area contributed by atoms with Crippen LogP contribution in [0.25, 0.3) is 11.4 Å². The van der Waals surface area contributed by atoms with E-state index in [2.05, 4.69) is 20.8 Å². The third kappa shape index (κ3) is 4.46. The molecule has 0 fully saturated rings. The summed E-state index contributed by atoms with van der Waals surface area (Å²) in [5, 5.41) is 14.3. The number of rotatable bonds is 6. The number of nitrogens with one attached hydrogen (secondary N) is 2. The summed E-state index contributed by atoms with van der Waals surface area (Å²) in [7, 11) is 3.32. The zero-order chi connectivity index (χ0) is 16.8. The first-order valence-electron chi connectivity index (χ1n) is 6.77. The van der Waals surface area contributed by atoms with E-state index in [9.17, 15) is 9.59 Å². The van der Waals surface area contributed by atoms with E-state index in [0.29, 0.717) is 16.0 Å². The predicted molar refractivity (Wildman–Crippen MR) is 89.2 cm³/mol. The minimum atomic E-state index is -0.249. The SMILES string of the molecule is CNC(=O)CNC(=O)CSc1nnc(-c2ccccc2Cl)n1C. The Balaban J connectivity index is 1.99. The number of carbonyl (C=O) groups excluding carboxylic acids is 2. The van der Waals surface area contributed by atoms with Gasteiger partial charge in [-0.25, -0.2) is 0 Å². The van der Waals surface area contributed by atoms with Crippen molar-refractivity contribution in [1.29, 1.82) is 0 Å². The average Bonchev–Trinajstić information content (AvgIpc) is 2.91. The third-order valence-electron chi connectivity index (χ3n) is 3.01. The monoisotopic (exact) mass is 353 g/mol. The lowest BCUT2D eigenvalue weighted by Crippen LogP contribution is -2.36. The Morgan fingerprint density at radius 1 is 1.26 bits per heavy atom. The zero-order valence-electron chi connectivity index (χ0n) is 12.7. The fourth-order valence-electron chi connectivity index (χ4n) is 1.77. The molecular formula is C14H16ClN5O2S. The highest BCUT2D eigenvalue weighted by Crippen LogP contribution is 2.28. The molecule has 1 heterocycles. The van der Waals surface area contributed by atoms with Crippen molar-refractivity contribution < 1.29 is 9.59 Å². The molecule has 0 atom stereocenters. The second-order valence-corrected chi connectivity index (χ2v) is 5.93. The van der Waals surface area contributed by atoms with Gasteiger partial charge in [-0.1, -0.05) is 35.5 Å². The van der Waals surface area contributed by atoms with Crippen molar-refractivity contribution in [2.75, 3.05) is 19.3 Å². The smallest absolute Gasteiger partial charge is 0.239 e. The summed E-state index contributed by atoms with van der Waals surface area (Å²) in [6.45, 7) is -0.0421. The lowest BCUT2D eigenvalue weighted by molar-refractivity contribution is -0.124. The van der Waals surface area contributed by atoms with Gasteiger partial charge in [0.05, 0.1) is 17.3 Å². The van der Waals surface area contributed by atoms with E-state index < -0.39 is 0 Å². The molecule has 2 amide bonds. The van der Waals surface area contributed by atoms with Gasteiger partial charge >= 0.3 is 0 Å². The molecule has 0 radical (unpaired) electrons. The van der Waals surface area contributed by atoms with E-state index in [4.69, 9.17) is 11.6 Å². The molecule has 0 saturated heterocycles. The third-order valence-corrected chi connectivity index (χ3v) is 4.36. The Bertz CT molecular complexity index is 719. The lowest BCUT2D eigenvalue weighted by Gasteiger charge is -2.06. The molecule has 1 aromatic heterocycles. The summed E-state index contributed by atoms with van der Waals surface area (Å²) in [5.41, 5.74) is 0.778. The molecule has 0 spiro atoms. The number of likely N-dealkylation sites (N-methyl/N-ethyl adjacent to an activating group) is 1. The first-order chi connectivity index (χ1) is 11.0. The molecule has 2 aromatic rings. The van der Waals surface area contributed by atoms with Gasteiger partial charge in [0.15, 0.2) is 11.0 Å². The van der Waals surface area contributed by atoms with Gasteiger partial charge in [-0.15, -0.1) is 10.2 Å². The number of carbonyl (C=O) groups is 2. The van der Waals surface area contributed by atoms with Crippen molar-refractivity contribution in [2.45, 2.75) is 5.16 Å².